The Morgan fingerprint density at radius 2 is 1.90 bits per heavy atom. The fraction of sp³-hybridized carbons (Fsp3) is 0.636. The van der Waals surface area contributed by atoms with E-state index in [4.69, 9.17) is 0 Å². The van der Waals surface area contributed by atoms with Crippen LogP contribution in [0.25, 0.3) is 10.9 Å². The van der Waals surface area contributed by atoms with E-state index in [1.807, 2.05) is 29.8 Å². The average Bonchev–Trinajstić information content (AvgIpc) is 2.95. The SMILES string of the molecule is Cc1nn(C)c2cc(N3CCC(O)(CC(=O)N4CCC(C)CC4)CC3)c(F)cc12. The van der Waals surface area contributed by atoms with Gasteiger partial charge in [0.2, 0.25) is 5.91 Å². The summed E-state index contributed by atoms with van der Waals surface area (Å²) in [5.41, 5.74) is 1.25. The number of anilines is 1. The number of aliphatic hydroxyl groups is 1. The molecule has 4 rings (SSSR count). The number of likely N-dealkylation sites (tertiary alicyclic amines) is 1. The summed E-state index contributed by atoms with van der Waals surface area (Å²) in [4.78, 5) is 16.5. The Balaban J connectivity index is 1.42. The van der Waals surface area contributed by atoms with E-state index in [2.05, 4.69) is 12.0 Å². The molecule has 3 heterocycles. The van der Waals surface area contributed by atoms with Gasteiger partial charge in [-0.05, 0) is 50.7 Å². The van der Waals surface area contributed by atoms with Gasteiger partial charge in [-0.2, -0.15) is 5.10 Å². The second-order valence-corrected chi connectivity index (χ2v) is 8.98. The molecule has 1 aromatic heterocycles. The molecule has 1 N–H and O–H groups in total. The molecule has 0 spiro atoms. The number of piperidine rings is 2. The minimum absolute atomic E-state index is 0.0470. The molecule has 2 aliphatic heterocycles. The Morgan fingerprint density at radius 3 is 2.55 bits per heavy atom. The van der Waals surface area contributed by atoms with E-state index < -0.39 is 5.60 Å². The Labute approximate surface area is 171 Å². The van der Waals surface area contributed by atoms with Crippen LogP contribution >= 0.6 is 0 Å². The first-order chi connectivity index (χ1) is 13.8. The molecule has 158 valence electrons. The minimum Gasteiger partial charge on any atom is -0.389 e. The van der Waals surface area contributed by atoms with Gasteiger partial charge in [-0.3, -0.25) is 9.48 Å². The lowest BCUT2D eigenvalue weighted by Gasteiger charge is -2.40. The third-order valence-corrected chi connectivity index (χ3v) is 6.76. The third-order valence-electron chi connectivity index (χ3n) is 6.76. The number of carbonyl (C=O) groups is 1. The lowest BCUT2D eigenvalue weighted by molar-refractivity contribution is -0.138. The molecule has 1 aromatic carbocycles. The van der Waals surface area contributed by atoms with E-state index in [-0.39, 0.29) is 18.1 Å². The molecule has 2 aromatic rings. The highest BCUT2D eigenvalue weighted by Crippen LogP contribution is 2.33. The maximum Gasteiger partial charge on any atom is 0.225 e. The second kappa shape index (κ2) is 7.59. The fourth-order valence-corrected chi connectivity index (χ4v) is 4.68. The van der Waals surface area contributed by atoms with Crippen molar-refractivity contribution in [3.05, 3.63) is 23.6 Å². The summed E-state index contributed by atoms with van der Waals surface area (Å²) in [6, 6.07) is 3.39. The molecule has 0 aliphatic carbocycles. The molecule has 7 heteroatoms. The van der Waals surface area contributed by atoms with Crippen molar-refractivity contribution in [1.82, 2.24) is 14.7 Å². The van der Waals surface area contributed by atoms with E-state index in [1.165, 1.54) is 0 Å². The third kappa shape index (κ3) is 3.97. The molecular weight excluding hydrogens is 371 g/mol. The number of carbonyl (C=O) groups excluding carboxylic acids is 1. The Hall–Kier alpha value is -2.15. The Bertz CT molecular complexity index is 909. The van der Waals surface area contributed by atoms with Crippen LogP contribution in [-0.4, -0.2) is 57.5 Å². The lowest BCUT2D eigenvalue weighted by atomic mass is 9.87. The number of nitrogens with zero attached hydrogens (tertiary/aromatic N) is 4. The zero-order valence-corrected chi connectivity index (χ0v) is 17.6. The number of aromatic nitrogens is 2. The number of halogens is 1. The zero-order valence-electron chi connectivity index (χ0n) is 17.6. The van der Waals surface area contributed by atoms with Crippen LogP contribution in [-0.2, 0) is 11.8 Å². The summed E-state index contributed by atoms with van der Waals surface area (Å²) >= 11 is 0. The molecule has 29 heavy (non-hydrogen) atoms. The smallest absolute Gasteiger partial charge is 0.225 e. The number of fused-ring (bicyclic) bond motifs is 1. The highest BCUT2D eigenvalue weighted by atomic mass is 19.1. The molecule has 1 amide bonds. The standard InChI is InChI=1S/C22H31FN4O2/c1-15-4-8-27(9-5-15)21(28)14-22(29)6-10-26(11-7-22)20-13-19-17(12-18(20)23)16(2)24-25(19)3/h12-13,15,29H,4-11,14H2,1-3H3. The summed E-state index contributed by atoms with van der Waals surface area (Å²) in [5.74, 6) is 0.448. The quantitative estimate of drug-likeness (QED) is 0.857. The van der Waals surface area contributed by atoms with Gasteiger partial charge in [0.15, 0.2) is 0 Å². The van der Waals surface area contributed by atoms with Crippen LogP contribution in [0.4, 0.5) is 10.1 Å². The molecule has 0 radical (unpaired) electrons. The molecule has 2 saturated heterocycles. The molecule has 6 nitrogen and oxygen atoms in total. The maximum atomic E-state index is 14.8. The van der Waals surface area contributed by atoms with Gasteiger partial charge >= 0.3 is 0 Å². The number of amides is 1. The average molecular weight is 403 g/mol. The van der Waals surface area contributed by atoms with Gasteiger partial charge in [-0.15, -0.1) is 0 Å². The van der Waals surface area contributed by atoms with Crippen molar-refractivity contribution in [2.24, 2.45) is 13.0 Å². The lowest BCUT2D eigenvalue weighted by Crippen LogP contribution is -2.48. The normalized spacial score (nSPS) is 20.4. The molecule has 0 unspecified atom stereocenters. The first kappa shape index (κ1) is 20.1. The van der Waals surface area contributed by atoms with Crippen molar-refractivity contribution < 1.29 is 14.3 Å². The van der Waals surface area contributed by atoms with Crippen molar-refractivity contribution in [3.8, 4) is 0 Å². The van der Waals surface area contributed by atoms with Gasteiger partial charge < -0.3 is 14.9 Å². The van der Waals surface area contributed by atoms with Gasteiger partial charge in [0.1, 0.15) is 5.82 Å². The second-order valence-electron chi connectivity index (χ2n) is 8.98. The predicted octanol–water partition coefficient (Wildman–Crippen LogP) is 3.00. The fourth-order valence-electron chi connectivity index (χ4n) is 4.68. The van der Waals surface area contributed by atoms with Gasteiger partial charge in [-0.1, -0.05) is 6.92 Å². The van der Waals surface area contributed by atoms with Crippen molar-refractivity contribution >= 4 is 22.5 Å². The van der Waals surface area contributed by atoms with E-state index >= 15 is 0 Å². The van der Waals surface area contributed by atoms with E-state index in [0.29, 0.717) is 37.5 Å². The van der Waals surface area contributed by atoms with Crippen molar-refractivity contribution in [2.75, 3.05) is 31.1 Å². The number of rotatable bonds is 3. The number of hydrogen-bond donors (Lipinski definition) is 1. The summed E-state index contributed by atoms with van der Waals surface area (Å²) in [6.07, 6.45) is 3.16. The topological polar surface area (TPSA) is 61.6 Å². The van der Waals surface area contributed by atoms with Crippen molar-refractivity contribution in [1.29, 1.82) is 0 Å². The summed E-state index contributed by atoms with van der Waals surface area (Å²) in [6.45, 7) is 6.73. The Morgan fingerprint density at radius 1 is 1.24 bits per heavy atom. The van der Waals surface area contributed by atoms with Gasteiger partial charge in [0.05, 0.1) is 28.9 Å². The number of hydrogen-bond acceptors (Lipinski definition) is 4. The Kier molecular flexibility index (Phi) is 5.27. The highest BCUT2D eigenvalue weighted by Gasteiger charge is 2.37. The molecule has 0 bridgehead atoms. The van der Waals surface area contributed by atoms with E-state index in [1.54, 1.807) is 10.7 Å². The van der Waals surface area contributed by atoms with Crippen molar-refractivity contribution in [3.63, 3.8) is 0 Å². The van der Waals surface area contributed by atoms with Gasteiger partial charge in [0.25, 0.3) is 0 Å². The summed E-state index contributed by atoms with van der Waals surface area (Å²) < 4.78 is 16.5. The first-order valence-corrected chi connectivity index (χ1v) is 10.6. The van der Waals surface area contributed by atoms with Gasteiger partial charge in [-0.25, -0.2) is 4.39 Å². The highest BCUT2D eigenvalue weighted by molar-refractivity contribution is 5.85. The monoisotopic (exact) mass is 402 g/mol. The van der Waals surface area contributed by atoms with Crippen LogP contribution in [0.1, 0.15) is 44.7 Å². The number of aryl methyl sites for hydroxylation is 2. The van der Waals surface area contributed by atoms with Crippen molar-refractivity contribution in [2.45, 2.75) is 51.6 Å². The summed E-state index contributed by atoms with van der Waals surface area (Å²) in [5, 5.41) is 16.2. The molecular formula is C22H31FN4O2. The van der Waals surface area contributed by atoms with Crippen LogP contribution in [0.5, 0.6) is 0 Å². The van der Waals surface area contributed by atoms with E-state index in [0.717, 1.165) is 42.5 Å². The molecule has 2 fully saturated rings. The molecule has 0 atom stereocenters. The van der Waals surface area contributed by atoms with Crippen LogP contribution in [0.2, 0.25) is 0 Å². The summed E-state index contributed by atoms with van der Waals surface area (Å²) in [7, 11) is 1.86. The zero-order chi connectivity index (χ0) is 20.8. The molecule has 2 aliphatic rings. The molecule has 0 saturated carbocycles. The maximum absolute atomic E-state index is 14.8. The van der Waals surface area contributed by atoms with Crippen LogP contribution < -0.4 is 4.90 Å². The van der Waals surface area contributed by atoms with Crippen LogP contribution in [0.15, 0.2) is 12.1 Å². The number of benzene rings is 1. The minimum atomic E-state index is -1.000. The first-order valence-electron chi connectivity index (χ1n) is 10.6. The van der Waals surface area contributed by atoms with Gasteiger partial charge in [0, 0.05) is 38.6 Å². The van der Waals surface area contributed by atoms with Crippen LogP contribution in [0, 0.1) is 18.7 Å². The largest absolute Gasteiger partial charge is 0.389 e. The predicted molar refractivity (Wildman–Crippen MR) is 111 cm³/mol. The van der Waals surface area contributed by atoms with Crippen LogP contribution in [0.3, 0.4) is 0 Å². The van der Waals surface area contributed by atoms with E-state index in [9.17, 15) is 14.3 Å².